The van der Waals surface area contributed by atoms with Crippen molar-refractivity contribution in [1.29, 1.82) is 0 Å². The molecular formula is C32H45N7O9S. The standard InChI is InChI=1S/C31H43N7O7S.CH2O2/c1-21(2)27(38-26(39)12-8-6-5-7-10-23-18-34-31(35-19-23)46(4,43)44)29(41)37-25(11-9-17-33-30(32)42)28(40)36-24-15-13-22(14-16-24)20-45-3;2-1-3/h13-16,18-19,21,25,27H,5-6,8-9,11-12,17,20H2,1-4H3,(H,36,40)(H,37,41)(H,38,39)(H3,32,33,42);1H,(H,2,3). The third kappa shape index (κ3) is 17.6. The minimum atomic E-state index is -3.48. The maximum Gasteiger partial charge on any atom is 0.312 e. The van der Waals surface area contributed by atoms with Gasteiger partial charge < -0.3 is 36.8 Å². The molecule has 49 heavy (non-hydrogen) atoms. The second kappa shape index (κ2) is 22.5. The normalized spacial score (nSPS) is 11.8. The lowest BCUT2D eigenvalue weighted by molar-refractivity contribution is -0.132. The van der Waals surface area contributed by atoms with E-state index in [0.29, 0.717) is 43.5 Å². The lowest BCUT2D eigenvalue weighted by Gasteiger charge is -2.25. The molecule has 0 fully saturated rings. The highest BCUT2D eigenvalue weighted by molar-refractivity contribution is 7.90. The van der Waals surface area contributed by atoms with E-state index in [1.807, 2.05) is 12.1 Å². The van der Waals surface area contributed by atoms with Crippen LogP contribution in [-0.2, 0) is 40.4 Å². The van der Waals surface area contributed by atoms with Crippen molar-refractivity contribution in [1.82, 2.24) is 25.9 Å². The summed E-state index contributed by atoms with van der Waals surface area (Å²) < 4.78 is 28.0. The highest BCUT2D eigenvalue weighted by Crippen LogP contribution is 2.13. The summed E-state index contributed by atoms with van der Waals surface area (Å²) in [4.78, 5) is 66.2. The Bertz CT molecular complexity index is 1540. The van der Waals surface area contributed by atoms with Crippen LogP contribution in [0.2, 0.25) is 0 Å². The van der Waals surface area contributed by atoms with Gasteiger partial charge >= 0.3 is 6.03 Å². The van der Waals surface area contributed by atoms with Crippen molar-refractivity contribution >= 4 is 45.7 Å². The van der Waals surface area contributed by atoms with Crippen LogP contribution < -0.4 is 27.0 Å². The number of amides is 5. The van der Waals surface area contributed by atoms with E-state index in [-0.39, 0.29) is 42.8 Å². The van der Waals surface area contributed by atoms with Gasteiger partial charge in [-0.25, -0.2) is 23.2 Å². The van der Waals surface area contributed by atoms with Crippen LogP contribution in [0.3, 0.4) is 0 Å². The number of aromatic nitrogens is 2. The maximum absolute atomic E-state index is 13.3. The third-order valence-corrected chi connectivity index (χ3v) is 7.42. The lowest BCUT2D eigenvalue weighted by Crippen LogP contribution is -2.54. The first-order chi connectivity index (χ1) is 23.2. The molecule has 1 aromatic heterocycles. The number of methoxy groups -OCH3 is 1. The number of carbonyl (C=O) groups excluding carboxylic acids is 4. The summed E-state index contributed by atoms with van der Waals surface area (Å²) in [5.41, 5.74) is 7.08. The number of nitrogens with zero attached hydrogens (tertiary/aromatic N) is 2. The molecule has 0 saturated heterocycles. The molecule has 0 aliphatic carbocycles. The van der Waals surface area contributed by atoms with E-state index >= 15 is 0 Å². The van der Waals surface area contributed by atoms with Crippen molar-refractivity contribution in [3.8, 4) is 11.8 Å². The van der Waals surface area contributed by atoms with Crippen molar-refractivity contribution < 1.29 is 42.2 Å². The van der Waals surface area contributed by atoms with Crippen molar-refractivity contribution in [3.05, 3.63) is 47.8 Å². The number of nitrogens with two attached hydrogens (primary N) is 1. The van der Waals surface area contributed by atoms with Gasteiger partial charge in [0, 0.05) is 50.8 Å². The van der Waals surface area contributed by atoms with E-state index in [2.05, 4.69) is 43.1 Å². The summed E-state index contributed by atoms with van der Waals surface area (Å²) in [5.74, 6) is 4.28. The van der Waals surface area contributed by atoms with Gasteiger partial charge in [0.1, 0.15) is 12.1 Å². The maximum atomic E-state index is 13.3. The number of carboxylic acid groups (broad SMARTS) is 1. The van der Waals surface area contributed by atoms with Crippen LogP contribution >= 0.6 is 0 Å². The third-order valence-electron chi connectivity index (χ3n) is 6.55. The van der Waals surface area contributed by atoms with Crippen molar-refractivity contribution in [2.45, 2.75) is 76.2 Å². The average Bonchev–Trinajstić information content (AvgIpc) is 3.03. The van der Waals surface area contributed by atoms with Crippen molar-refractivity contribution in [2.75, 3.05) is 25.2 Å². The Kier molecular flexibility index (Phi) is 19.2. The van der Waals surface area contributed by atoms with Gasteiger partial charge in [0.2, 0.25) is 32.7 Å². The summed E-state index contributed by atoms with van der Waals surface area (Å²) in [6.07, 6.45) is 6.10. The van der Waals surface area contributed by atoms with Crippen LogP contribution in [0.15, 0.2) is 41.8 Å². The highest BCUT2D eigenvalue weighted by atomic mass is 32.2. The molecule has 268 valence electrons. The number of carbonyl (C=O) groups is 5. The number of benzene rings is 1. The monoisotopic (exact) mass is 703 g/mol. The Morgan fingerprint density at radius 1 is 1.02 bits per heavy atom. The average molecular weight is 704 g/mol. The molecule has 2 atom stereocenters. The molecule has 0 aliphatic heterocycles. The fraction of sp³-hybridized carbons (Fsp3) is 0.469. The lowest BCUT2D eigenvalue weighted by atomic mass is 10.0. The molecule has 5 amide bonds. The number of rotatable bonds is 17. The topological polar surface area (TPSA) is 249 Å². The predicted octanol–water partition coefficient (Wildman–Crippen LogP) is 1.35. The first-order valence-electron chi connectivity index (χ1n) is 15.3. The number of anilines is 1. The van der Waals surface area contributed by atoms with Gasteiger partial charge in [-0.3, -0.25) is 19.2 Å². The largest absolute Gasteiger partial charge is 0.483 e. The van der Waals surface area contributed by atoms with Gasteiger partial charge in [-0.15, -0.1) is 0 Å². The minimum absolute atomic E-state index is 0.173. The van der Waals surface area contributed by atoms with Gasteiger partial charge in [-0.05, 0) is 49.3 Å². The first-order valence-corrected chi connectivity index (χ1v) is 17.2. The Morgan fingerprint density at radius 3 is 2.20 bits per heavy atom. The van der Waals surface area contributed by atoms with Gasteiger partial charge in [0.25, 0.3) is 6.47 Å². The van der Waals surface area contributed by atoms with E-state index in [9.17, 15) is 27.6 Å². The molecule has 2 rings (SSSR count). The summed E-state index contributed by atoms with van der Waals surface area (Å²) in [6, 6.07) is 4.59. The molecule has 1 heterocycles. The van der Waals surface area contributed by atoms with Crippen LogP contribution in [0.1, 0.15) is 63.5 Å². The molecule has 2 unspecified atom stereocenters. The molecule has 17 heteroatoms. The molecule has 0 spiro atoms. The Labute approximate surface area is 286 Å². The van der Waals surface area contributed by atoms with Gasteiger partial charge in [-0.2, -0.15) is 0 Å². The fourth-order valence-electron chi connectivity index (χ4n) is 4.14. The number of sulfone groups is 1. The van der Waals surface area contributed by atoms with Gasteiger partial charge in [0.15, 0.2) is 0 Å². The molecule has 16 nitrogen and oxygen atoms in total. The molecular weight excluding hydrogens is 658 g/mol. The quantitative estimate of drug-likeness (QED) is 0.0594. The molecule has 7 N–H and O–H groups in total. The summed E-state index contributed by atoms with van der Waals surface area (Å²) >= 11 is 0. The van der Waals surface area contributed by atoms with E-state index in [1.54, 1.807) is 33.1 Å². The number of urea groups is 1. The zero-order valence-corrected chi connectivity index (χ0v) is 28.8. The second-order valence-electron chi connectivity index (χ2n) is 11.0. The van der Waals surface area contributed by atoms with Crippen molar-refractivity contribution in [3.63, 3.8) is 0 Å². The fourth-order valence-corrected chi connectivity index (χ4v) is 4.63. The number of hydrogen-bond acceptors (Lipinski definition) is 10. The number of nitrogens with one attached hydrogen (secondary N) is 4. The SMILES string of the molecule is COCc1ccc(NC(=O)C(CCCNC(N)=O)NC(=O)C(NC(=O)CCCCC#Cc2cnc(S(C)(=O)=O)nc2)C(C)C)cc1.O=CO. The first kappa shape index (κ1) is 41.9. The van der Waals surface area contributed by atoms with Crippen LogP contribution in [0.25, 0.3) is 0 Å². The zero-order valence-electron chi connectivity index (χ0n) is 28.0. The summed E-state index contributed by atoms with van der Waals surface area (Å²) in [5, 5.41) is 17.4. The minimum Gasteiger partial charge on any atom is -0.483 e. The Morgan fingerprint density at radius 2 is 1.65 bits per heavy atom. The Hall–Kier alpha value is -5.08. The zero-order chi connectivity index (χ0) is 36.8. The Balaban J connectivity index is 0.00000385. The summed E-state index contributed by atoms with van der Waals surface area (Å²) in [6.45, 7) is 3.98. The molecule has 1 aromatic carbocycles. The van der Waals surface area contributed by atoms with Gasteiger partial charge in [-0.1, -0.05) is 37.8 Å². The summed E-state index contributed by atoms with van der Waals surface area (Å²) in [7, 11) is -1.89. The number of primary amides is 1. The van der Waals surface area contributed by atoms with E-state index in [1.165, 1.54) is 12.4 Å². The molecule has 2 aromatic rings. The highest BCUT2D eigenvalue weighted by Gasteiger charge is 2.28. The van der Waals surface area contributed by atoms with E-state index < -0.39 is 39.8 Å². The van der Waals surface area contributed by atoms with Crippen LogP contribution in [0.5, 0.6) is 0 Å². The van der Waals surface area contributed by atoms with E-state index in [4.69, 9.17) is 20.4 Å². The van der Waals surface area contributed by atoms with E-state index in [0.717, 1.165) is 11.8 Å². The molecule has 0 bridgehead atoms. The van der Waals surface area contributed by atoms with Crippen LogP contribution in [0.4, 0.5) is 10.5 Å². The predicted molar refractivity (Wildman–Crippen MR) is 180 cm³/mol. The van der Waals surface area contributed by atoms with Crippen LogP contribution in [0, 0.1) is 17.8 Å². The van der Waals surface area contributed by atoms with Gasteiger partial charge in [0.05, 0.1) is 12.2 Å². The van der Waals surface area contributed by atoms with Crippen molar-refractivity contribution in [2.24, 2.45) is 11.7 Å². The number of ether oxygens (including phenoxy) is 1. The molecule has 0 radical (unpaired) electrons. The molecule has 0 aliphatic rings. The smallest absolute Gasteiger partial charge is 0.312 e. The number of hydrogen-bond donors (Lipinski definition) is 6. The molecule has 0 saturated carbocycles. The van der Waals surface area contributed by atoms with Crippen LogP contribution in [-0.4, -0.2) is 85.7 Å². The second-order valence-corrected chi connectivity index (χ2v) is 13.0. The number of unbranched alkanes of at least 4 members (excludes halogenated alkanes) is 2.